The second-order valence-electron chi connectivity index (χ2n) is 6.14. The summed E-state index contributed by atoms with van der Waals surface area (Å²) in [7, 11) is 0. The number of nitro benzene ring substituents is 1. The van der Waals surface area contributed by atoms with Gasteiger partial charge in [0.1, 0.15) is 12.2 Å². The van der Waals surface area contributed by atoms with Crippen molar-refractivity contribution in [2.45, 2.75) is 25.4 Å². The van der Waals surface area contributed by atoms with Crippen LogP contribution in [0.3, 0.4) is 0 Å². The molecule has 0 radical (unpaired) electrons. The quantitative estimate of drug-likeness (QED) is 0.584. The lowest BCUT2D eigenvalue weighted by Gasteiger charge is -2.32. The standard InChI is InChI=1S/C18H17N5O4/c19-11-16-18(21-8-7-20-16)27-15-2-1-9-22(12-15)17(24)10-13-3-5-14(6-4-13)23(25)26/h3-8,15H,1-2,9-10,12H2. The molecular weight excluding hydrogens is 350 g/mol. The summed E-state index contributed by atoms with van der Waals surface area (Å²) in [6.07, 6.45) is 4.31. The molecule has 3 rings (SSSR count). The molecular formula is C18H17N5O4. The van der Waals surface area contributed by atoms with E-state index in [2.05, 4.69) is 9.97 Å². The number of nitrogens with zero attached hydrogens (tertiary/aromatic N) is 5. The van der Waals surface area contributed by atoms with E-state index in [1.807, 2.05) is 6.07 Å². The third-order valence-electron chi connectivity index (χ3n) is 4.28. The number of nitriles is 1. The molecule has 0 bridgehead atoms. The van der Waals surface area contributed by atoms with Gasteiger partial charge in [0.15, 0.2) is 0 Å². The Bertz CT molecular complexity index is 878. The van der Waals surface area contributed by atoms with Gasteiger partial charge in [0, 0.05) is 31.1 Å². The molecule has 2 aromatic rings. The van der Waals surface area contributed by atoms with Crippen molar-refractivity contribution in [2.24, 2.45) is 0 Å². The number of hydrogen-bond acceptors (Lipinski definition) is 7. The van der Waals surface area contributed by atoms with Gasteiger partial charge in [-0.25, -0.2) is 9.97 Å². The lowest BCUT2D eigenvalue weighted by molar-refractivity contribution is -0.384. The number of ether oxygens (including phenoxy) is 1. The maximum absolute atomic E-state index is 12.6. The summed E-state index contributed by atoms with van der Waals surface area (Å²) in [5, 5.41) is 19.8. The van der Waals surface area contributed by atoms with Crippen molar-refractivity contribution in [3.63, 3.8) is 0 Å². The lowest BCUT2D eigenvalue weighted by atomic mass is 10.1. The molecule has 1 fully saturated rings. The van der Waals surface area contributed by atoms with Crippen molar-refractivity contribution in [3.05, 3.63) is 58.0 Å². The van der Waals surface area contributed by atoms with Crippen LogP contribution in [0, 0.1) is 21.4 Å². The summed E-state index contributed by atoms with van der Waals surface area (Å²) in [5.74, 6) is 0.103. The van der Waals surface area contributed by atoms with Crippen molar-refractivity contribution < 1.29 is 14.5 Å². The van der Waals surface area contributed by atoms with Crippen molar-refractivity contribution in [3.8, 4) is 11.9 Å². The van der Waals surface area contributed by atoms with E-state index in [1.165, 1.54) is 24.5 Å². The summed E-state index contributed by atoms with van der Waals surface area (Å²) in [6.45, 7) is 1.02. The van der Waals surface area contributed by atoms with E-state index in [0.29, 0.717) is 18.7 Å². The van der Waals surface area contributed by atoms with Crippen LogP contribution in [0.1, 0.15) is 24.1 Å². The number of non-ortho nitro benzene ring substituents is 1. The van der Waals surface area contributed by atoms with Crippen molar-refractivity contribution in [1.29, 1.82) is 5.26 Å². The van der Waals surface area contributed by atoms with Gasteiger partial charge in [0.2, 0.25) is 11.6 Å². The molecule has 1 amide bonds. The minimum atomic E-state index is -0.472. The molecule has 9 nitrogen and oxygen atoms in total. The second-order valence-corrected chi connectivity index (χ2v) is 6.14. The van der Waals surface area contributed by atoms with E-state index in [9.17, 15) is 14.9 Å². The molecule has 9 heteroatoms. The molecule has 0 saturated carbocycles. The number of aromatic nitrogens is 2. The van der Waals surface area contributed by atoms with Gasteiger partial charge in [-0.2, -0.15) is 5.26 Å². The molecule has 0 spiro atoms. The summed E-state index contributed by atoms with van der Waals surface area (Å²) in [5.41, 5.74) is 0.830. The van der Waals surface area contributed by atoms with Gasteiger partial charge in [-0.15, -0.1) is 0 Å². The highest BCUT2D eigenvalue weighted by atomic mass is 16.6. The minimum Gasteiger partial charge on any atom is -0.470 e. The Morgan fingerprint density at radius 3 is 2.78 bits per heavy atom. The molecule has 138 valence electrons. The zero-order valence-electron chi connectivity index (χ0n) is 14.4. The SMILES string of the molecule is N#Cc1nccnc1OC1CCCN(C(=O)Cc2ccc([N+](=O)[O-])cc2)C1. The first-order valence-corrected chi connectivity index (χ1v) is 8.45. The van der Waals surface area contributed by atoms with E-state index in [0.717, 1.165) is 12.8 Å². The largest absolute Gasteiger partial charge is 0.470 e. The summed E-state index contributed by atoms with van der Waals surface area (Å²) >= 11 is 0. The van der Waals surface area contributed by atoms with E-state index >= 15 is 0 Å². The first kappa shape index (κ1) is 18.3. The summed E-state index contributed by atoms with van der Waals surface area (Å²) < 4.78 is 5.79. The highest BCUT2D eigenvalue weighted by Crippen LogP contribution is 2.20. The Labute approximate surface area is 155 Å². The Morgan fingerprint density at radius 1 is 1.33 bits per heavy atom. The third kappa shape index (κ3) is 4.55. The van der Waals surface area contributed by atoms with E-state index in [-0.39, 0.29) is 35.7 Å². The zero-order valence-corrected chi connectivity index (χ0v) is 14.4. The van der Waals surface area contributed by atoms with Gasteiger partial charge in [0.25, 0.3) is 11.6 Å². The molecule has 27 heavy (non-hydrogen) atoms. The number of likely N-dealkylation sites (tertiary alicyclic amines) is 1. The first-order chi connectivity index (χ1) is 13.1. The average molecular weight is 367 g/mol. The van der Waals surface area contributed by atoms with Crippen LogP contribution < -0.4 is 4.74 Å². The number of carbonyl (C=O) groups excluding carboxylic acids is 1. The van der Waals surface area contributed by atoms with Crippen molar-refractivity contribution in [2.75, 3.05) is 13.1 Å². The molecule has 1 aromatic carbocycles. The predicted molar refractivity (Wildman–Crippen MR) is 93.8 cm³/mol. The van der Waals surface area contributed by atoms with Crippen LogP contribution >= 0.6 is 0 Å². The summed E-state index contributed by atoms with van der Waals surface area (Å²) in [4.78, 5) is 32.5. The highest BCUT2D eigenvalue weighted by molar-refractivity contribution is 5.79. The molecule has 1 aliphatic rings. The number of nitro groups is 1. The number of benzene rings is 1. The van der Waals surface area contributed by atoms with Gasteiger partial charge < -0.3 is 9.64 Å². The maximum atomic E-state index is 12.6. The van der Waals surface area contributed by atoms with Crippen LogP contribution in [-0.2, 0) is 11.2 Å². The smallest absolute Gasteiger partial charge is 0.269 e. The summed E-state index contributed by atoms with van der Waals surface area (Å²) in [6, 6.07) is 7.90. The number of rotatable bonds is 5. The van der Waals surface area contributed by atoms with Gasteiger partial charge in [-0.3, -0.25) is 14.9 Å². The van der Waals surface area contributed by atoms with Crippen LogP contribution in [0.15, 0.2) is 36.7 Å². The molecule has 2 heterocycles. The minimum absolute atomic E-state index is 0.00472. The first-order valence-electron chi connectivity index (χ1n) is 8.45. The van der Waals surface area contributed by atoms with Crippen LogP contribution in [0.2, 0.25) is 0 Å². The topological polar surface area (TPSA) is 122 Å². The van der Waals surface area contributed by atoms with E-state index in [4.69, 9.17) is 10.00 Å². The van der Waals surface area contributed by atoms with E-state index < -0.39 is 4.92 Å². The normalized spacial score (nSPS) is 16.4. The number of amides is 1. The fraction of sp³-hybridized carbons (Fsp3) is 0.333. The van der Waals surface area contributed by atoms with Gasteiger partial charge in [0.05, 0.1) is 17.9 Å². The molecule has 1 aliphatic heterocycles. The van der Waals surface area contributed by atoms with Gasteiger partial charge in [-0.05, 0) is 18.4 Å². The van der Waals surface area contributed by atoms with Crippen LogP contribution in [0.4, 0.5) is 5.69 Å². The average Bonchev–Trinajstić information content (AvgIpc) is 2.69. The zero-order chi connectivity index (χ0) is 19.2. The van der Waals surface area contributed by atoms with Crippen molar-refractivity contribution in [1.82, 2.24) is 14.9 Å². The van der Waals surface area contributed by atoms with Crippen LogP contribution in [0.5, 0.6) is 5.88 Å². The maximum Gasteiger partial charge on any atom is 0.269 e. The molecule has 0 aliphatic carbocycles. The number of hydrogen-bond donors (Lipinski definition) is 0. The Hall–Kier alpha value is -3.54. The molecule has 1 atom stereocenters. The fourth-order valence-corrected chi connectivity index (χ4v) is 2.93. The van der Waals surface area contributed by atoms with E-state index in [1.54, 1.807) is 17.0 Å². The number of carbonyl (C=O) groups is 1. The van der Waals surface area contributed by atoms with Gasteiger partial charge >= 0.3 is 0 Å². The lowest BCUT2D eigenvalue weighted by Crippen LogP contribution is -2.45. The molecule has 1 aromatic heterocycles. The fourth-order valence-electron chi connectivity index (χ4n) is 2.93. The van der Waals surface area contributed by atoms with Gasteiger partial charge in [-0.1, -0.05) is 12.1 Å². The molecule has 1 saturated heterocycles. The monoisotopic (exact) mass is 367 g/mol. The highest BCUT2D eigenvalue weighted by Gasteiger charge is 2.26. The second kappa shape index (κ2) is 8.23. The molecule has 1 unspecified atom stereocenters. The van der Waals surface area contributed by atoms with Crippen LogP contribution in [0.25, 0.3) is 0 Å². The third-order valence-corrected chi connectivity index (χ3v) is 4.28. The number of piperidine rings is 1. The van der Waals surface area contributed by atoms with Crippen molar-refractivity contribution >= 4 is 11.6 Å². The Kier molecular flexibility index (Phi) is 5.56. The van der Waals surface area contributed by atoms with Crippen LogP contribution in [-0.4, -0.2) is 44.9 Å². The molecule has 0 N–H and O–H groups in total. The predicted octanol–water partition coefficient (Wildman–Crippen LogP) is 1.87. The Morgan fingerprint density at radius 2 is 2.07 bits per heavy atom. The Balaban J connectivity index is 1.61.